The number of aliphatic hydroxyl groups is 3. The topological polar surface area (TPSA) is 101 Å². The highest BCUT2D eigenvalue weighted by molar-refractivity contribution is 6.34. The van der Waals surface area contributed by atoms with Crippen LogP contribution in [0.4, 0.5) is 0 Å². The van der Waals surface area contributed by atoms with E-state index in [4.69, 9.17) is 22.8 Å². The van der Waals surface area contributed by atoms with Crippen LogP contribution in [0.3, 0.4) is 0 Å². The van der Waals surface area contributed by atoms with Gasteiger partial charge < -0.3 is 24.6 Å². The molecule has 1 saturated heterocycles. The van der Waals surface area contributed by atoms with Crippen molar-refractivity contribution in [2.75, 3.05) is 6.61 Å². The van der Waals surface area contributed by atoms with Crippen molar-refractivity contribution < 1.29 is 20.1 Å². The Bertz CT molecular complexity index is 767. The second kappa shape index (κ2) is 5.19. The fourth-order valence-corrected chi connectivity index (χ4v) is 2.96. The van der Waals surface area contributed by atoms with E-state index in [9.17, 15) is 15.3 Å². The second-order valence-electron chi connectivity index (χ2n) is 5.34. The van der Waals surface area contributed by atoms with Crippen LogP contribution in [0, 0.1) is 12.3 Å². The van der Waals surface area contributed by atoms with E-state index >= 15 is 0 Å². The van der Waals surface area contributed by atoms with Gasteiger partial charge in [-0.1, -0.05) is 17.5 Å². The number of aliphatic hydroxyl groups excluding tert-OH is 2. The smallest absolute Gasteiger partial charge is 0.167 e. The van der Waals surface area contributed by atoms with Crippen molar-refractivity contribution in [2.24, 2.45) is 0 Å². The number of terminal acetylenes is 1. The van der Waals surface area contributed by atoms with Crippen LogP contribution >= 0.6 is 11.6 Å². The number of halogens is 1. The van der Waals surface area contributed by atoms with Crippen molar-refractivity contribution in [2.45, 2.75) is 31.0 Å². The molecule has 1 fully saturated rings. The Labute approximate surface area is 131 Å². The molecule has 22 heavy (non-hydrogen) atoms. The molecule has 0 aromatic carbocycles. The minimum Gasteiger partial charge on any atom is -0.394 e. The van der Waals surface area contributed by atoms with Gasteiger partial charge in [-0.05, 0) is 6.92 Å². The SMILES string of the molecule is C#Cc1cn(C2O[C@H](CO)[C@@H](O)C2(C)O)c2ncnc(Cl)c12. The molecule has 0 bridgehead atoms. The molecule has 0 saturated carbocycles. The predicted molar refractivity (Wildman–Crippen MR) is 78.1 cm³/mol. The zero-order valence-electron chi connectivity index (χ0n) is 11.6. The van der Waals surface area contributed by atoms with Gasteiger partial charge in [-0.3, -0.25) is 0 Å². The Hall–Kier alpha value is -1.69. The molecule has 3 N–H and O–H groups in total. The van der Waals surface area contributed by atoms with E-state index in [1.165, 1.54) is 17.8 Å². The largest absolute Gasteiger partial charge is 0.394 e. The van der Waals surface area contributed by atoms with E-state index < -0.39 is 30.6 Å². The molecular weight excluding hydrogens is 310 g/mol. The van der Waals surface area contributed by atoms with E-state index in [1.807, 2.05) is 0 Å². The number of nitrogens with zero attached hydrogens (tertiary/aromatic N) is 3. The summed E-state index contributed by atoms with van der Waals surface area (Å²) in [5, 5.41) is 30.6. The van der Waals surface area contributed by atoms with E-state index in [-0.39, 0.29) is 5.15 Å². The summed E-state index contributed by atoms with van der Waals surface area (Å²) in [6.45, 7) is 0.993. The summed E-state index contributed by atoms with van der Waals surface area (Å²) in [7, 11) is 0. The highest BCUT2D eigenvalue weighted by atomic mass is 35.5. The maximum Gasteiger partial charge on any atom is 0.167 e. The first-order valence-corrected chi connectivity index (χ1v) is 6.94. The first-order valence-electron chi connectivity index (χ1n) is 6.56. The van der Waals surface area contributed by atoms with Crippen molar-refractivity contribution in [1.29, 1.82) is 0 Å². The van der Waals surface area contributed by atoms with Gasteiger partial charge in [0.1, 0.15) is 34.9 Å². The summed E-state index contributed by atoms with van der Waals surface area (Å²) in [4.78, 5) is 8.02. The van der Waals surface area contributed by atoms with Crippen molar-refractivity contribution >= 4 is 22.6 Å². The Balaban J connectivity index is 2.20. The van der Waals surface area contributed by atoms with Crippen LogP contribution in [-0.2, 0) is 4.74 Å². The molecule has 1 aliphatic rings. The lowest BCUT2D eigenvalue weighted by Crippen LogP contribution is -2.44. The lowest BCUT2D eigenvalue weighted by molar-refractivity contribution is -0.0948. The third-order valence-electron chi connectivity index (χ3n) is 3.91. The van der Waals surface area contributed by atoms with Gasteiger partial charge >= 0.3 is 0 Å². The fraction of sp³-hybridized carbons (Fsp3) is 0.429. The molecule has 3 rings (SSSR count). The number of ether oxygens (including phenoxy) is 1. The highest BCUT2D eigenvalue weighted by Crippen LogP contribution is 2.40. The van der Waals surface area contributed by atoms with Gasteiger partial charge in [0, 0.05) is 6.20 Å². The minimum atomic E-state index is -1.64. The molecule has 0 radical (unpaired) electrons. The molecule has 2 aromatic rings. The van der Waals surface area contributed by atoms with Crippen molar-refractivity contribution in [3.05, 3.63) is 23.2 Å². The van der Waals surface area contributed by atoms with Crippen LogP contribution in [0.15, 0.2) is 12.5 Å². The Kier molecular flexibility index (Phi) is 3.59. The van der Waals surface area contributed by atoms with E-state index in [1.54, 1.807) is 6.20 Å². The highest BCUT2D eigenvalue weighted by Gasteiger charge is 2.53. The normalized spacial score (nSPS) is 31.5. The molecule has 8 heteroatoms. The second-order valence-corrected chi connectivity index (χ2v) is 5.70. The Morgan fingerprint density at radius 3 is 2.86 bits per heavy atom. The molecule has 0 amide bonds. The van der Waals surface area contributed by atoms with E-state index in [0.717, 1.165) is 0 Å². The molecule has 0 aliphatic carbocycles. The van der Waals surface area contributed by atoms with Gasteiger partial charge in [-0.25, -0.2) is 9.97 Å². The number of rotatable bonds is 2. The number of hydrogen-bond donors (Lipinski definition) is 3. The van der Waals surface area contributed by atoms with Crippen molar-refractivity contribution in [3.8, 4) is 12.3 Å². The number of hydrogen-bond acceptors (Lipinski definition) is 6. The molecule has 1 aliphatic heterocycles. The molecule has 4 atom stereocenters. The standard InChI is InChI=1S/C14H14ClN3O4/c1-3-7-4-18(12-9(7)11(15)16-6-17-12)13-14(2,21)10(20)8(5-19)22-13/h1,4,6,8,10,13,19-21H,5H2,2H3/t8-,10-,13?,14?/m1/s1. The monoisotopic (exact) mass is 323 g/mol. The lowest BCUT2D eigenvalue weighted by atomic mass is 9.96. The quantitative estimate of drug-likeness (QED) is 0.534. The number of fused-ring (bicyclic) bond motifs is 1. The molecule has 3 heterocycles. The fourth-order valence-electron chi connectivity index (χ4n) is 2.73. The Morgan fingerprint density at radius 1 is 1.55 bits per heavy atom. The Morgan fingerprint density at radius 2 is 2.27 bits per heavy atom. The van der Waals surface area contributed by atoms with Crippen molar-refractivity contribution in [3.63, 3.8) is 0 Å². The van der Waals surface area contributed by atoms with Gasteiger partial charge in [-0.15, -0.1) is 6.42 Å². The predicted octanol–water partition coefficient (Wildman–Crippen LogP) is 0.0676. The van der Waals surface area contributed by atoms with Gasteiger partial charge in [0.25, 0.3) is 0 Å². The van der Waals surface area contributed by atoms with Crippen LogP contribution in [0.1, 0.15) is 18.7 Å². The molecule has 2 aromatic heterocycles. The summed E-state index contributed by atoms with van der Waals surface area (Å²) < 4.78 is 7.07. The summed E-state index contributed by atoms with van der Waals surface area (Å²) in [5.41, 5.74) is -0.811. The summed E-state index contributed by atoms with van der Waals surface area (Å²) in [6, 6.07) is 0. The maximum absolute atomic E-state index is 10.6. The van der Waals surface area contributed by atoms with Crippen LogP contribution in [0.25, 0.3) is 11.0 Å². The average molecular weight is 324 g/mol. The van der Waals surface area contributed by atoms with Gasteiger partial charge in [0.2, 0.25) is 0 Å². The summed E-state index contributed by atoms with van der Waals surface area (Å²) in [5.74, 6) is 2.48. The first-order chi connectivity index (χ1) is 10.4. The van der Waals surface area contributed by atoms with Gasteiger partial charge in [0.05, 0.1) is 17.6 Å². The molecule has 0 spiro atoms. The summed E-state index contributed by atoms with van der Waals surface area (Å²) >= 11 is 6.06. The van der Waals surface area contributed by atoms with Crippen LogP contribution in [0.2, 0.25) is 5.15 Å². The van der Waals surface area contributed by atoms with Crippen LogP contribution in [-0.4, -0.2) is 54.3 Å². The van der Waals surface area contributed by atoms with E-state index in [0.29, 0.717) is 16.6 Å². The van der Waals surface area contributed by atoms with Crippen molar-refractivity contribution in [1.82, 2.24) is 14.5 Å². The van der Waals surface area contributed by atoms with Crippen LogP contribution < -0.4 is 0 Å². The third-order valence-corrected chi connectivity index (χ3v) is 4.19. The number of aromatic nitrogens is 3. The maximum atomic E-state index is 10.6. The van der Waals surface area contributed by atoms with Crippen LogP contribution in [0.5, 0.6) is 0 Å². The molecule has 2 unspecified atom stereocenters. The zero-order chi connectivity index (χ0) is 16.1. The van der Waals surface area contributed by atoms with Gasteiger partial charge in [0.15, 0.2) is 6.23 Å². The molecule has 7 nitrogen and oxygen atoms in total. The lowest BCUT2D eigenvalue weighted by Gasteiger charge is -2.27. The van der Waals surface area contributed by atoms with E-state index in [2.05, 4.69) is 15.9 Å². The average Bonchev–Trinajstić information content (AvgIpc) is 2.97. The third kappa shape index (κ3) is 2.00. The zero-order valence-corrected chi connectivity index (χ0v) is 12.4. The molecule has 116 valence electrons. The minimum absolute atomic E-state index is 0.189. The van der Waals surface area contributed by atoms with Gasteiger partial charge in [-0.2, -0.15) is 0 Å². The molecular formula is C14H14ClN3O4. The summed E-state index contributed by atoms with van der Waals surface area (Å²) in [6.07, 6.45) is 5.15. The first kappa shape index (κ1) is 15.2.